The van der Waals surface area contributed by atoms with E-state index < -0.39 is 36.1 Å². The third kappa shape index (κ3) is 13.8. The van der Waals surface area contributed by atoms with Gasteiger partial charge in [-0.1, -0.05) is 0 Å². The van der Waals surface area contributed by atoms with Gasteiger partial charge in [0.1, 0.15) is 0 Å². The van der Waals surface area contributed by atoms with E-state index in [0.29, 0.717) is 12.5 Å². The maximum Gasteiger partial charge on any atom is 2.00 e. The van der Waals surface area contributed by atoms with Crippen molar-refractivity contribution in [3.05, 3.63) is 59.7 Å². The Labute approximate surface area is 448 Å². The molecule has 0 heterocycles. The SMILES string of the molecule is CO.CO.CO.CS(=O)(=O)[O-].CS(=O)(=O)[O-].O.[Fe+2].c1cc(C[PH+](C23CC4CC(CC(C4)C2)C3)C23CC4CC(CC(C4)C2)C3)[c-](C[PH+](C23CC4CC(CC(C4)C2)C3)C23CC4CC(CC(C4)C2)C3)c1.c1cc[cH-]c1. The predicted octanol–water partition coefficient (Wildman–Crippen LogP) is 10.4. The number of aliphatic hydroxyl groups excluding tert-OH is 3. The Kier molecular flexibility index (Phi) is 21.0. The smallest absolute Gasteiger partial charge is 0.748 e. The Bertz CT molecular complexity index is 1810. The van der Waals surface area contributed by atoms with E-state index in [1.54, 1.807) is 166 Å². The molecule has 2 aromatic rings. The second-order valence-electron chi connectivity index (χ2n) is 26.0. The summed E-state index contributed by atoms with van der Waals surface area (Å²) in [4.78, 5) is 0. The summed E-state index contributed by atoms with van der Waals surface area (Å²) in [6.07, 6.45) is 44.4. The van der Waals surface area contributed by atoms with Gasteiger partial charge in [-0.05, 0) is 225 Å². The normalized spacial score (nSPS) is 41.8. The molecule has 16 fully saturated rings. The Morgan fingerprint density at radius 2 is 0.708 bits per heavy atom. The van der Waals surface area contributed by atoms with Crippen LogP contribution in [-0.2, 0) is 49.6 Å². The van der Waals surface area contributed by atoms with Crippen molar-refractivity contribution in [2.24, 2.45) is 71.0 Å². The van der Waals surface area contributed by atoms with Gasteiger partial charge in [-0.15, -0.1) is 11.1 Å². The largest absolute Gasteiger partial charge is 2.00 e. The second kappa shape index (κ2) is 24.8. The maximum absolute atomic E-state index is 9.08. The van der Waals surface area contributed by atoms with Gasteiger partial charge in [-0.2, -0.15) is 24.3 Å². The van der Waals surface area contributed by atoms with E-state index >= 15 is 0 Å². The summed E-state index contributed by atoms with van der Waals surface area (Å²) in [5.74, 6) is 13.5. The minimum absolute atomic E-state index is 0. The first kappa shape index (κ1) is 61.0. The molecule has 0 aromatic heterocycles. The summed E-state index contributed by atoms with van der Waals surface area (Å²) >= 11 is 0. The molecule has 0 aliphatic heterocycles. The molecule has 16 aliphatic carbocycles. The van der Waals surface area contributed by atoms with Crippen LogP contribution in [0.5, 0.6) is 0 Å². The Morgan fingerprint density at radius 3 is 0.917 bits per heavy atom. The van der Waals surface area contributed by atoms with Crippen LogP contribution >= 0.6 is 15.8 Å². The van der Waals surface area contributed by atoms with E-state index in [1.165, 1.54) is 0 Å². The summed E-state index contributed by atoms with van der Waals surface area (Å²) < 4.78 is 54.5. The molecule has 2 aromatic carbocycles. The summed E-state index contributed by atoms with van der Waals surface area (Å²) in [5.41, 5.74) is 3.97. The van der Waals surface area contributed by atoms with Crippen LogP contribution < -0.4 is 0 Å². The summed E-state index contributed by atoms with van der Waals surface area (Å²) in [7, 11) is -5.81. The van der Waals surface area contributed by atoms with E-state index in [1.807, 2.05) is 41.5 Å². The second-order valence-corrected chi connectivity index (χ2v) is 35.7. The minimum atomic E-state index is -3.92. The van der Waals surface area contributed by atoms with Crippen LogP contribution in [0.3, 0.4) is 0 Å². The van der Waals surface area contributed by atoms with Crippen molar-refractivity contribution in [3.8, 4) is 0 Å². The molecule has 412 valence electrons. The topological polar surface area (TPSA) is 207 Å². The number of hydrogen-bond donors (Lipinski definition) is 3. The molecule has 16 aliphatic rings. The van der Waals surface area contributed by atoms with Crippen molar-refractivity contribution in [2.45, 2.75) is 187 Å². The molecule has 15 heteroatoms. The molecule has 72 heavy (non-hydrogen) atoms. The van der Waals surface area contributed by atoms with Gasteiger partial charge < -0.3 is 29.9 Å². The van der Waals surface area contributed by atoms with Crippen molar-refractivity contribution < 1.29 is 63.8 Å². The number of rotatable bonds is 8. The fourth-order valence-electron chi connectivity index (χ4n) is 21.3. The standard InChI is InChI=1S/C47H67P2.C5H5.2CH4O3S.3CH4O.Fe.H2O/c1-2-42(28-48(44-16-30-4-31(17-44)6-32(5-30)18-44)45-19-33-7-34(20-45)9-35(8-33)21-45)43(3-1)29-49(46-22-36-10-37(23-46)12-38(11-36)24-46)47-25-39-13-40(26-47)15-41(14-39)27-47;1-2-4-5-3-1;2*1-5(2,3)4;3*1-2;;/h1-3,30-41H,4-29H2;1-5H;2*1H3,(H,2,3,4);3*2H,1H3;;1H2/q2*-1;;;;;;+2;. The van der Waals surface area contributed by atoms with Crippen LogP contribution in [0.2, 0.25) is 0 Å². The zero-order chi connectivity index (χ0) is 50.3. The molecular formula is C57H94FeO10P2S2. The van der Waals surface area contributed by atoms with Gasteiger partial charge >= 0.3 is 17.1 Å². The molecule has 0 amide bonds. The van der Waals surface area contributed by atoms with Gasteiger partial charge in [-0.3, -0.25) is 0 Å². The summed E-state index contributed by atoms with van der Waals surface area (Å²) in [6.45, 7) is 0. The molecular weight excluding hydrogens is 1030 g/mol. The van der Waals surface area contributed by atoms with E-state index in [0.717, 1.165) is 113 Å². The first-order chi connectivity index (χ1) is 33.4. The fourth-order valence-corrected chi connectivity index (χ4v) is 33.0. The van der Waals surface area contributed by atoms with Gasteiger partial charge in [0.2, 0.25) is 0 Å². The van der Waals surface area contributed by atoms with Crippen molar-refractivity contribution in [2.75, 3.05) is 33.8 Å². The molecule has 0 saturated heterocycles. The maximum atomic E-state index is 9.08. The van der Waals surface area contributed by atoms with Crippen molar-refractivity contribution in [3.63, 3.8) is 0 Å². The zero-order valence-electron chi connectivity index (χ0n) is 44.4. The van der Waals surface area contributed by atoms with Gasteiger partial charge in [0, 0.05) is 55.8 Å². The van der Waals surface area contributed by atoms with Crippen LogP contribution in [-0.4, -0.2) is 101 Å². The van der Waals surface area contributed by atoms with Crippen molar-refractivity contribution in [1.82, 2.24) is 0 Å². The van der Waals surface area contributed by atoms with Crippen LogP contribution in [0, 0.1) is 71.0 Å². The molecule has 5 N–H and O–H groups in total. The molecule has 16 saturated carbocycles. The van der Waals surface area contributed by atoms with Crippen molar-refractivity contribution in [1.29, 1.82) is 0 Å². The van der Waals surface area contributed by atoms with E-state index in [2.05, 4.69) is 18.2 Å². The molecule has 18 rings (SSSR count). The monoisotopic (exact) mass is 1120 g/mol. The van der Waals surface area contributed by atoms with E-state index in [-0.39, 0.29) is 22.5 Å². The molecule has 0 radical (unpaired) electrons. The van der Waals surface area contributed by atoms with E-state index in [9.17, 15) is 0 Å². The molecule has 0 atom stereocenters. The fraction of sp³-hybridized carbons (Fsp3) is 0.825. The first-order valence-electron chi connectivity index (χ1n) is 27.7. The quantitative estimate of drug-likeness (QED) is 0.0993. The van der Waals surface area contributed by atoms with Gasteiger partial charge in [0.05, 0.1) is 47.0 Å². The van der Waals surface area contributed by atoms with Crippen LogP contribution in [0.1, 0.15) is 165 Å². The molecule has 0 spiro atoms. The van der Waals surface area contributed by atoms with Crippen molar-refractivity contribution >= 4 is 36.1 Å². The first-order valence-corrected chi connectivity index (χ1v) is 34.7. The average molecular weight is 1120 g/mol. The molecule has 0 unspecified atom stereocenters. The van der Waals surface area contributed by atoms with Gasteiger partial charge in [0.25, 0.3) is 0 Å². The molecule has 10 nitrogen and oxygen atoms in total. The van der Waals surface area contributed by atoms with Gasteiger partial charge in [0.15, 0.2) is 0 Å². The summed E-state index contributed by atoms with van der Waals surface area (Å²) in [6, 6.07) is 18.2. The zero-order valence-corrected chi connectivity index (χ0v) is 49.1. The van der Waals surface area contributed by atoms with Crippen LogP contribution in [0.4, 0.5) is 0 Å². The number of aliphatic hydroxyl groups is 3. The van der Waals surface area contributed by atoms with E-state index in [4.69, 9.17) is 41.3 Å². The van der Waals surface area contributed by atoms with Gasteiger partial charge in [-0.25, -0.2) is 41.1 Å². The Balaban J connectivity index is 0.000000318. The third-order valence-electron chi connectivity index (χ3n) is 21.0. The molecule has 16 bridgehead atoms. The Morgan fingerprint density at radius 1 is 0.486 bits per heavy atom. The van der Waals surface area contributed by atoms with Crippen LogP contribution in [0.25, 0.3) is 0 Å². The summed E-state index contributed by atoms with van der Waals surface area (Å²) in [5, 5.41) is 24.3. The third-order valence-corrected chi connectivity index (χ3v) is 30.1. The predicted molar refractivity (Wildman–Crippen MR) is 291 cm³/mol. The Hall–Kier alpha value is -0.261. The minimum Gasteiger partial charge on any atom is -0.748 e. The number of hydrogen-bond acceptors (Lipinski definition) is 9. The average Bonchev–Trinajstić information content (AvgIpc) is 4.00. The van der Waals surface area contributed by atoms with Crippen LogP contribution in [0.15, 0.2) is 48.5 Å².